The van der Waals surface area contributed by atoms with Gasteiger partial charge in [-0.15, -0.1) is 0 Å². The molecule has 1 aliphatic rings. The Labute approximate surface area is 178 Å². The zero-order chi connectivity index (χ0) is 20.9. The maximum Gasteiger partial charge on any atom is 0.224 e. The molecule has 1 fully saturated rings. The average Bonchev–Trinajstić information content (AvgIpc) is 3.10. The van der Waals surface area contributed by atoms with Crippen molar-refractivity contribution in [1.82, 2.24) is 14.8 Å². The van der Waals surface area contributed by atoms with Crippen molar-refractivity contribution in [3.05, 3.63) is 65.9 Å². The van der Waals surface area contributed by atoms with Crippen molar-refractivity contribution in [3.63, 3.8) is 0 Å². The predicted octanol–water partition coefficient (Wildman–Crippen LogP) is 4.23. The molecule has 0 unspecified atom stereocenters. The molecule has 0 radical (unpaired) electrons. The number of hydrogen-bond acceptors (Lipinski definition) is 3. The predicted molar refractivity (Wildman–Crippen MR) is 121 cm³/mol. The molecule has 5 heteroatoms. The van der Waals surface area contributed by atoms with E-state index in [1.54, 1.807) is 7.11 Å². The Morgan fingerprint density at radius 2 is 1.97 bits per heavy atom. The van der Waals surface area contributed by atoms with E-state index in [2.05, 4.69) is 53.3 Å². The van der Waals surface area contributed by atoms with Gasteiger partial charge in [-0.3, -0.25) is 9.69 Å². The largest absolute Gasteiger partial charge is 0.497 e. The highest BCUT2D eigenvalue weighted by atomic mass is 16.5. The Morgan fingerprint density at radius 1 is 1.10 bits per heavy atom. The molecule has 3 aromatic rings. The fourth-order valence-corrected chi connectivity index (χ4v) is 4.37. The number of aromatic nitrogens is 1. The molecule has 5 nitrogen and oxygen atoms in total. The van der Waals surface area contributed by atoms with Crippen LogP contribution < -0.4 is 4.74 Å². The first kappa shape index (κ1) is 20.5. The molecule has 1 amide bonds. The van der Waals surface area contributed by atoms with E-state index in [1.807, 2.05) is 23.1 Å². The van der Waals surface area contributed by atoms with E-state index in [9.17, 15) is 4.79 Å². The standard InChI is InChI=1S/C25H31N3O2/c1-19(10-11-21-17-26-24-9-4-3-8-23(21)24)27-13-12-25(29)28(15-14-27)18-20-6-5-7-22(16-20)30-2/h3-9,16-17,19,26H,10-15,18H2,1-2H3/t19-/m1/s1. The van der Waals surface area contributed by atoms with Crippen LogP contribution in [0.5, 0.6) is 5.75 Å². The van der Waals surface area contributed by atoms with Crippen molar-refractivity contribution in [1.29, 1.82) is 0 Å². The minimum absolute atomic E-state index is 0.240. The van der Waals surface area contributed by atoms with E-state index in [0.29, 0.717) is 19.0 Å². The van der Waals surface area contributed by atoms with Crippen molar-refractivity contribution in [2.75, 3.05) is 26.7 Å². The van der Waals surface area contributed by atoms with Crippen molar-refractivity contribution in [3.8, 4) is 5.75 Å². The molecule has 30 heavy (non-hydrogen) atoms. The summed E-state index contributed by atoms with van der Waals surface area (Å²) in [6, 6.07) is 16.9. The van der Waals surface area contributed by atoms with Gasteiger partial charge in [-0.1, -0.05) is 30.3 Å². The summed E-state index contributed by atoms with van der Waals surface area (Å²) >= 11 is 0. The average molecular weight is 406 g/mol. The van der Waals surface area contributed by atoms with Crippen LogP contribution >= 0.6 is 0 Å². The topological polar surface area (TPSA) is 48.6 Å². The summed E-state index contributed by atoms with van der Waals surface area (Å²) in [5.74, 6) is 1.08. The summed E-state index contributed by atoms with van der Waals surface area (Å²) in [4.78, 5) is 20.5. The van der Waals surface area contributed by atoms with Gasteiger partial charge in [-0.25, -0.2) is 0 Å². The maximum absolute atomic E-state index is 12.7. The normalized spacial score (nSPS) is 16.6. The van der Waals surface area contributed by atoms with Crippen LogP contribution in [0.15, 0.2) is 54.7 Å². The second-order valence-electron chi connectivity index (χ2n) is 8.20. The van der Waals surface area contributed by atoms with Crippen LogP contribution in [0.2, 0.25) is 0 Å². The highest BCUT2D eigenvalue weighted by Gasteiger charge is 2.24. The third-order valence-electron chi connectivity index (χ3n) is 6.26. The number of carbonyl (C=O) groups excluding carboxylic acids is 1. The van der Waals surface area contributed by atoms with Crippen LogP contribution in [0.25, 0.3) is 10.9 Å². The van der Waals surface area contributed by atoms with Crippen LogP contribution in [-0.4, -0.2) is 53.5 Å². The molecule has 158 valence electrons. The maximum atomic E-state index is 12.7. The summed E-state index contributed by atoms with van der Waals surface area (Å²) < 4.78 is 5.31. The SMILES string of the molecule is COc1cccc(CN2CCN([C@H](C)CCc3c[nH]c4ccccc34)CCC2=O)c1. The summed E-state index contributed by atoms with van der Waals surface area (Å²) in [7, 11) is 1.67. The van der Waals surface area contributed by atoms with Crippen LogP contribution in [-0.2, 0) is 17.8 Å². The van der Waals surface area contributed by atoms with E-state index in [0.717, 1.165) is 43.8 Å². The lowest BCUT2D eigenvalue weighted by Gasteiger charge is -2.27. The number of fused-ring (bicyclic) bond motifs is 1. The van der Waals surface area contributed by atoms with Crippen molar-refractivity contribution in [2.24, 2.45) is 0 Å². The van der Waals surface area contributed by atoms with Gasteiger partial charge >= 0.3 is 0 Å². The molecular formula is C25H31N3O2. The Hall–Kier alpha value is -2.79. The molecule has 0 bridgehead atoms. The van der Waals surface area contributed by atoms with Gasteiger partial charge in [0.05, 0.1) is 7.11 Å². The molecule has 2 aromatic carbocycles. The van der Waals surface area contributed by atoms with Gasteiger partial charge in [0.15, 0.2) is 0 Å². The lowest BCUT2D eigenvalue weighted by molar-refractivity contribution is -0.130. The first-order valence-corrected chi connectivity index (χ1v) is 10.8. The molecule has 1 atom stereocenters. The number of ether oxygens (including phenoxy) is 1. The van der Waals surface area contributed by atoms with Gasteiger partial charge in [0, 0.05) is 55.7 Å². The number of hydrogen-bond donors (Lipinski definition) is 1. The van der Waals surface area contributed by atoms with E-state index in [1.165, 1.54) is 16.5 Å². The number of methoxy groups -OCH3 is 1. The number of benzene rings is 2. The summed E-state index contributed by atoms with van der Waals surface area (Å²) in [6.07, 6.45) is 4.86. The lowest BCUT2D eigenvalue weighted by Crippen LogP contribution is -2.37. The van der Waals surface area contributed by atoms with Crippen molar-refractivity contribution < 1.29 is 9.53 Å². The van der Waals surface area contributed by atoms with Crippen LogP contribution in [0, 0.1) is 0 Å². The highest BCUT2D eigenvalue weighted by Crippen LogP contribution is 2.21. The third-order valence-corrected chi connectivity index (χ3v) is 6.26. The first-order valence-electron chi connectivity index (χ1n) is 10.8. The minimum atomic E-state index is 0.240. The molecule has 2 heterocycles. The zero-order valence-electron chi connectivity index (χ0n) is 17.9. The van der Waals surface area contributed by atoms with Gasteiger partial charge in [0.25, 0.3) is 0 Å². The molecule has 4 rings (SSSR count). The fourth-order valence-electron chi connectivity index (χ4n) is 4.37. The van der Waals surface area contributed by atoms with E-state index in [-0.39, 0.29) is 5.91 Å². The number of aromatic amines is 1. The number of aryl methyl sites for hydroxylation is 1. The van der Waals surface area contributed by atoms with Gasteiger partial charge in [-0.2, -0.15) is 0 Å². The second kappa shape index (κ2) is 9.35. The molecule has 1 aliphatic heterocycles. The Morgan fingerprint density at radius 3 is 2.83 bits per heavy atom. The summed E-state index contributed by atoms with van der Waals surface area (Å²) in [5, 5.41) is 1.32. The Balaban J connectivity index is 1.34. The molecule has 0 saturated carbocycles. The van der Waals surface area contributed by atoms with Crippen molar-refractivity contribution in [2.45, 2.75) is 38.8 Å². The molecule has 0 aliphatic carbocycles. The van der Waals surface area contributed by atoms with Gasteiger partial charge in [0.2, 0.25) is 5.91 Å². The van der Waals surface area contributed by atoms with Gasteiger partial charge in [0.1, 0.15) is 5.75 Å². The Kier molecular flexibility index (Phi) is 6.38. The molecule has 0 spiro atoms. The van der Waals surface area contributed by atoms with Gasteiger partial charge in [-0.05, 0) is 49.1 Å². The number of amides is 1. The first-order chi connectivity index (χ1) is 14.6. The Bertz CT molecular complexity index is 997. The van der Waals surface area contributed by atoms with E-state index >= 15 is 0 Å². The summed E-state index contributed by atoms with van der Waals surface area (Å²) in [5.41, 5.74) is 3.69. The zero-order valence-corrected chi connectivity index (χ0v) is 17.9. The number of nitrogens with zero attached hydrogens (tertiary/aromatic N) is 2. The quantitative estimate of drug-likeness (QED) is 0.640. The number of nitrogens with one attached hydrogen (secondary N) is 1. The number of para-hydroxylation sites is 1. The van der Waals surface area contributed by atoms with Crippen LogP contribution in [0.1, 0.15) is 30.9 Å². The van der Waals surface area contributed by atoms with Crippen LogP contribution in [0.3, 0.4) is 0 Å². The van der Waals surface area contributed by atoms with Crippen molar-refractivity contribution >= 4 is 16.8 Å². The second-order valence-corrected chi connectivity index (χ2v) is 8.20. The number of carbonyl (C=O) groups is 1. The number of H-pyrrole nitrogens is 1. The van der Waals surface area contributed by atoms with Crippen LogP contribution in [0.4, 0.5) is 0 Å². The smallest absolute Gasteiger partial charge is 0.224 e. The minimum Gasteiger partial charge on any atom is -0.497 e. The number of rotatable bonds is 7. The molecule has 1 saturated heterocycles. The molecular weight excluding hydrogens is 374 g/mol. The van der Waals surface area contributed by atoms with Gasteiger partial charge < -0.3 is 14.6 Å². The fraction of sp³-hybridized carbons (Fsp3) is 0.400. The molecule has 1 N–H and O–H groups in total. The third kappa shape index (κ3) is 4.68. The highest BCUT2D eigenvalue weighted by molar-refractivity contribution is 5.83. The van der Waals surface area contributed by atoms with E-state index < -0.39 is 0 Å². The van der Waals surface area contributed by atoms with E-state index in [4.69, 9.17) is 4.74 Å². The summed E-state index contributed by atoms with van der Waals surface area (Å²) in [6.45, 7) is 5.46. The lowest BCUT2D eigenvalue weighted by atomic mass is 10.0. The monoisotopic (exact) mass is 405 g/mol. The molecule has 1 aromatic heterocycles.